The highest BCUT2D eigenvalue weighted by Gasteiger charge is 2.49. The molecule has 0 bridgehead atoms. The number of benzene rings is 1. The number of nitrogens with one attached hydrogen (secondary N) is 1. The van der Waals surface area contributed by atoms with Crippen LogP contribution in [0.5, 0.6) is 0 Å². The van der Waals surface area contributed by atoms with Gasteiger partial charge >= 0.3 is 6.18 Å². The Morgan fingerprint density at radius 2 is 2.12 bits per heavy atom. The number of hydrogen-bond acceptors (Lipinski definition) is 2. The molecule has 1 aliphatic rings. The van der Waals surface area contributed by atoms with E-state index in [-0.39, 0.29) is 18.9 Å². The molecule has 0 spiro atoms. The van der Waals surface area contributed by atoms with Gasteiger partial charge in [-0.3, -0.25) is 4.79 Å². The summed E-state index contributed by atoms with van der Waals surface area (Å²) in [6.07, 6.45) is -0.228. The summed E-state index contributed by atoms with van der Waals surface area (Å²) in [5.74, 6) is 0.493. The summed E-state index contributed by atoms with van der Waals surface area (Å²) >= 11 is 0. The van der Waals surface area contributed by atoms with Gasteiger partial charge in [-0.05, 0) is 38.0 Å². The molecule has 1 heterocycles. The van der Waals surface area contributed by atoms with Crippen LogP contribution in [0.2, 0.25) is 0 Å². The highest BCUT2D eigenvalue weighted by molar-refractivity contribution is 6.04. The van der Waals surface area contributed by atoms with E-state index in [0.29, 0.717) is 22.5 Å². The summed E-state index contributed by atoms with van der Waals surface area (Å²) in [6.45, 7) is 3.22. The predicted octanol–water partition coefficient (Wildman–Crippen LogP) is 4.40. The maximum absolute atomic E-state index is 13.1. The molecule has 1 aromatic heterocycles. The molecule has 2 aromatic rings. The number of alkyl halides is 3. The smallest absolute Gasteiger partial charge is 0.342 e. The Bertz CT molecular complexity index is 910. The van der Waals surface area contributed by atoms with Gasteiger partial charge in [-0.25, -0.2) is 4.98 Å². The third-order valence-electron chi connectivity index (χ3n) is 4.73. The van der Waals surface area contributed by atoms with Gasteiger partial charge in [-0.15, -0.1) is 0 Å². The minimum atomic E-state index is -4.29. The molecular weight excluding hydrogens is 343 g/mol. The van der Waals surface area contributed by atoms with Crippen molar-refractivity contribution in [3.63, 3.8) is 0 Å². The Morgan fingerprint density at radius 1 is 1.38 bits per heavy atom. The molecule has 0 fully saturated rings. The van der Waals surface area contributed by atoms with Crippen molar-refractivity contribution in [2.75, 3.05) is 13.6 Å². The third kappa shape index (κ3) is 3.25. The molecule has 1 amide bonds. The van der Waals surface area contributed by atoms with E-state index in [1.54, 1.807) is 25.3 Å². The lowest BCUT2D eigenvalue weighted by molar-refractivity contribution is -0.199. The first kappa shape index (κ1) is 18.2. The molecule has 1 aliphatic carbocycles. The minimum absolute atomic E-state index is 0.126. The number of carbonyl (C=O) groups excluding carboxylic acids is 1. The SMILES string of the molecule is Cc1nc2c(C(=O)N(C)CC3=CCC(C)(C(F)(F)F)C=C3)cccc2[nH]1. The number of fused-ring (bicyclic) bond motifs is 1. The Hall–Kier alpha value is -2.57. The van der Waals surface area contributed by atoms with Crippen LogP contribution in [0, 0.1) is 12.3 Å². The predicted molar refractivity (Wildman–Crippen MR) is 93.8 cm³/mol. The van der Waals surface area contributed by atoms with Gasteiger partial charge < -0.3 is 9.88 Å². The van der Waals surface area contributed by atoms with E-state index in [2.05, 4.69) is 9.97 Å². The van der Waals surface area contributed by atoms with Crippen molar-refractivity contribution in [2.24, 2.45) is 5.41 Å². The topological polar surface area (TPSA) is 49.0 Å². The van der Waals surface area contributed by atoms with Gasteiger partial charge in [0.05, 0.1) is 16.5 Å². The van der Waals surface area contributed by atoms with Crippen molar-refractivity contribution in [1.82, 2.24) is 14.9 Å². The fraction of sp³-hybridized carbons (Fsp3) is 0.368. The lowest BCUT2D eigenvalue weighted by Crippen LogP contribution is -2.35. The molecule has 0 aliphatic heterocycles. The van der Waals surface area contributed by atoms with Gasteiger partial charge in [-0.1, -0.05) is 24.3 Å². The zero-order chi connectivity index (χ0) is 19.1. The summed E-state index contributed by atoms with van der Waals surface area (Å²) in [7, 11) is 1.63. The number of aryl methyl sites for hydroxylation is 1. The van der Waals surface area contributed by atoms with Crippen LogP contribution < -0.4 is 0 Å². The van der Waals surface area contributed by atoms with Crippen LogP contribution in [0.4, 0.5) is 13.2 Å². The number of aromatic amines is 1. The first-order valence-electron chi connectivity index (χ1n) is 8.26. The average molecular weight is 363 g/mol. The molecule has 26 heavy (non-hydrogen) atoms. The van der Waals surface area contributed by atoms with E-state index >= 15 is 0 Å². The van der Waals surface area contributed by atoms with Crippen LogP contribution in [-0.4, -0.2) is 40.5 Å². The van der Waals surface area contributed by atoms with E-state index < -0.39 is 11.6 Å². The summed E-state index contributed by atoms with van der Waals surface area (Å²) in [5, 5.41) is 0. The van der Waals surface area contributed by atoms with Crippen molar-refractivity contribution >= 4 is 16.9 Å². The average Bonchev–Trinajstić information content (AvgIpc) is 2.95. The van der Waals surface area contributed by atoms with Gasteiger partial charge in [0.25, 0.3) is 5.91 Å². The molecule has 0 saturated heterocycles. The maximum atomic E-state index is 13.1. The molecule has 0 radical (unpaired) electrons. The molecule has 4 nitrogen and oxygen atoms in total. The standard InChI is InChI=1S/C19H20F3N3O/c1-12-23-15-6-4-5-14(16(15)24-12)17(26)25(3)11-13-7-9-18(2,10-8-13)19(20,21)22/h4-9H,10-11H2,1-3H3,(H,23,24). The number of carbonyl (C=O) groups is 1. The van der Waals surface area contributed by atoms with E-state index in [4.69, 9.17) is 0 Å². The van der Waals surface area contributed by atoms with Gasteiger partial charge in [0.15, 0.2) is 0 Å². The molecule has 1 atom stereocenters. The maximum Gasteiger partial charge on any atom is 0.397 e. The number of allylic oxidation sites excluding steroid dienone is 2. The second kappa shape index (κ2) is 6.30. The van der Waals surface area contributed by atoms with Gasteiger partial charge in [0.2, 0.25) is 0 Å². The van der Waals surface area contributed by atoms with E-state index in [9.17, 15) is 18.0 Å². The lowest BCUT2D eigenvalue weighted by Gasteiger charge is -2.31. The van der Waals surface area contributed by atoms with Gasteiger partial charge in [-0.2, -0.15) is 13.2 Å². The number of rotatable bonds is 3. The van der Waals surface area contributed by atoms with Gasteiger partial charge in [0.1, 0.15) is 11.3 Å². The zero-order valence-electron chi connectivity index (χ0n) is 14.8. The normalized spacial score (nSPS) is 20.3. The number of amides is 1. The van der Waals surface area contributed by atoms with Crippen molar-refractivity contribution < 1.29 is 18.0 Å². The first-order chi connectivity index (χ1) is 12.1. The fourth-order valence-electron chi connectivity index (χ4n) is 2.98. The van der Waals surface area contributed by atoms with Crippen molar-refractivity contribution in [1.29, 1.82) is 0 Å². The number of halogens is 3. The second-order valence-electron chi connectivity index (χ2n) is 6.92. The largest absolute Gasteiger partial charge is 0.397 e. The van der Waals surface area contributed by atoms with Gasteiger partial charge in [0, 0.05) is 13.6 Å². The highest BCUT2D eigenvalue weighted by atomic mass is 19.4. The van der Waals surface area contributed by atoms with E-state index in [1.807, 2.05) is 13.0 Å². The summed E-state index contributed by atoms with van der Waals surface area (Å²) in [5.41, 5.74) is 0.680. The number of imidazole rings is 1. The van der Waals surface area contributed by atoms with E-state index in [1.165, 1.54) is 24.0 Å². The van der Waals surface area contributed by atoms with Crippen LogP contribution >= 0.6 is 0 Å². The molecule has 1 unspecified atom stereocenters. The lowest BCUT2D eigenvalue weighted by atomic mass is 9.81. The molecule has 1 N–H and O–H groups in total. The highest BCUT2D eigenvalue weighted by Crippen LogP contribution is 2.44. The zero-order valence-corrected chi connectivity index (χ0v) is 14.8. The molecule has 1 aromatic carbocycles. The molecule has 0 saturated carbocycles. The summed E-state index contributed by atoms with van der Waals surface area (Å²) in [6, 6.07) is 5.32. The Morgan fingerprint density at radius 3 is 2.73 bits per heavy atom. The monoisotopic (exact) mass is 363 g/mol. The molecule has 7 heteroatoms. The Kier molecular flexibility index (Phi) is 4.42. The van der Waals surface area contributed by atoms with Crippen LogP contribution in [-0.2, 0) is 0 Å². The number of aromatic nitrogens is 2. The van der Waals surface area contributed by atoms with Crippen molar-refractivity contribution in [3.05, 3.63) is 53.4 Å². The number of nitrogens with zero attached hydrogens (tertiary/aromatic N) is 2. The molecule has 3 rings (SSSR count). The van der Waals surface area contributed by atoms with Crippen LogP contribution in [0.3, 0.4) is 0 Å². The Balaban J connectivity index is 1.75. The van der Waals surface area contributed by atoms with Crippen LogP contribution in [0.1, 0.15) is 29.5 Å². The Labute approximate surface area is 149 Å². The minimum Gasteiger partial charge on any atom is -0.342 e. The number of para-hydroxylation sites is 1. The second-order valence-corrected chi connectivity index (χ2v) is 6.92. The first-order valence-corrected chi connectivity index (χ1v) is 8.26. The summed E-state index contributed by atoms with van der Waals surface area (Å²) in [4.78, 5) is 21.7. The van der Waals surface area contributed by atoms with Crippen LogP contribution in [0.15, 0.2) is 42.0 Å². The quantitative estimate of drug-likeness (QED) is 0.879. The molecular formula is C19H20F3N3O. The van der Waals surface area contributed by atoms with Crippen molar-refractivity contribution in [2.45, 2.75) is 26.4 Å². The number of likely N-dealkylation sites (N-methyl/N-ethyl adjacent to an activating group) is 1. The van der Waals surface area contributed by atoms with E-state index in [0.717, 1.165) is 5.52 Å². The van der Waals surface area contributed by atoms with Crippen LogP contribution in [0.25, 0.3) is 11.0 Å². The third-order valence-corrected chi connectivity index (χ3v) is 4.73. The number of H-pyrrole nitrogens is 1. The molecule has 138 valence electrons. The van der Waals surface area contributed by atoms with Crippen molar-refractivity contribution in [3.8, 4) is 0 Å². The number of hydrogen-bond donors (Lipinski definition) is 1. The fourth-order valence-corrected chi connectivity index (χ4v) is 2.98. The summed E-state index contributed by atoms with van der Waals surface area (Å²) < 4.78 is 39.2.